The Morgan fingerprint density at radius 1 is 1.32 bits per heavy atom. The third-order valence-corrected chi connectivity index (χ3v) is 4.97. The van der Waals surface area contributed by atoms with Crippen LogP contribution in [0.15, 0.2) is 50.5 Å². The van der Waals surface area contributed by atoms with Gasteiger partial charge in [0.25, 0.3) is 0 Å². The maximum absolute atomic E-state index is 5.46. The van der Waals surface area contributed by atoms with Crippen molar-refractivity contribution < 1.29 is 13.9 Å². The van der Waals surface area contributed by atoms with Gasteiger partial charge >= 0.3 is 0 Å². The summed E-state index contributed by atoms with van der Waals surface area (Å²) >= 11 is 3.51. The molecule has 0 saturated carbocycles. The molecule has 0 bridgehead atoms. The Kier molecular flexibility index (Phi) is 10.1. The summed E-state index contributed by atoms with van der Waals surface area (Å²) in [5.74, 6) is 3.11. The van der Waals surface area contributed by atoms with Crippen molar-refractivity contribution in [3.8, 4) is 5.75 Å². The number of hydrogen-bond donors (Lipinski definition) is 2. The van der Waals surface area contributed by atoms with E-state index in [1.165, 1.54) is 0 Å². The smallest absolute Gasteiger partial charge is 0.191 e. The van der Waals surface area contributed by atoms with E-state index in [4.69, 9.17) is 18.9 Å². The lowest BCUT2D eigenvalue weighted by Gasteiger charge is -2.15. The molecule has 1 aromatic carbocycles. The molecule has 0 radical (unpaired) electrons. The monoisotopic (exact) mass is 563 g/mol. The quantitative estimate of drug-likeness (QED) is 0.289. The molecule has 3 rings (SSSR count). The van der Waals surface area contributed by atoms with Crippen LogP contribution in [0.3, 0.4) is 0 Å². The first-order valence-electron chi connectivity index (χ1n) is 9.19. The van der Waals surface area contributed by atoms with Gasteiger partial charge in [0, 0.05) is 42.1 Å². The number of methoxy groups -OCH3 is 1. The molecule has 0 spiro atoms. The van der Waals surface area contributed by atoms with E-state index in [9.17, 15) is 0 Å². The number of nitrogens with zero attached hydrogens (tertiary/aromatic N) is 1. The van der Waals surface area contributed by atoms with Gasteiger partial charge < -0.3 is 24.5 Å². The topological polar surface area (TPSA) is 68.0 Å². The van der Waals surface area contributed by atoms with E-state index < -0.39 is 0 Å². The summed E-state index contributed by atoms with van der Waals surface area (Å²) < 4.78 is 17.3. The molecule has 6 nitrogen and oxygen atoms in total. The number of ether oxygens (including phenoxy) is 2. The van der Waals surface area contributed by atoms with Crippen LogP contribution in [0.1, 0.15) is 17.7 Å². The molecule has 2 N–H and O–H groups in total. The predicted molar refractivity (Wildman–Crippen MR) is 125 cm³/mol. The Morgan fingerprint density at radius 2 is 2.21 bits per heavy atom. The fourth-order valence-electron chi connectivity index (χ4n) is 2.95. The normalized spacial score (nSPS) is 16.5. The molecule has 8 heteroatoms. The van der Waals surface area contributed by atoms with Crippen LogP contribution in [0.4, 0.5) is 0 Å². The van der Waals surface area contributed by atoms with E-state index in [1.54, 1.807) is 13.4 Å². The Bertz CT molecular complexity index is 734. The molecule has 154 valence electrons. The largest absolute Gasteiger partial charge is 0.496 e. The molecule has 1 saturated heterocycles. The second-order valence-corrected chi connectivity index (χ2v) is 7.40. The number of halogens is 2. The van der Waals surface area contributed by atoms with Gasteiger partial charge in [0.2, 0.25) is 0 Å². The predicted octanol–water partition coefficient (Wildman–Crippen LogP) is 3.98. The van der Waals surface area contributed by atoms with Crippen molar-refractivity contribution >= 4 is 45.9 Å². The fraction of sp³-hybridized carbons (Fsp3) is 0.450. The van der Waals surface area contributed by atoms with Crippen LogP contribution < -0.4 is 15.4 Å². The number of hydrogen-bond acceptors (Lipinski definition) is 4. The number of furan rings is 1. The SMILES string of the molecule is COc1ccc(Br)cc1CN=C(NCCc1ccco1)NCC1CCOC1.I. The van der Waals surface area contributed by atoms with Gasteiger partial charge in [-0.25, -0.2) is 4.99 Å². The van der Waals surface area contributed by atoms with Crippen molar-refractivity contribution in [2.45, 2.75) is 19.4 Å². The highest BCUT2D eigenvalue weighted by Gasteiger charge is 2.16. The first-order chi connectivity index (χ1) is 13.2. The molecule has 0 aliphatic carbocycles. The molecule has 1 aliphatic heterocycles. The van der Waals surface area contributed by atoms with Gasteiger partial charge in [-0.3, -0.25) is 0 Å². The molecule has 1 aromatic heterocycles. The molecule has 1 fully saturated rings. The van der Waals surface area contributed by atoms with Crippen molar-refractivity contribution in [2.24, 2.45) is 10.9 Å². The van der Waals surface area contributed by atoms with Gasteiger partial charge in [0.15, 0.2) is 5.96 Å². The minimum Gasteiger partial charge on any atom is -0.496 e. The zero-order valence-electron chi connectivity index (χ0n) is 15.9. The zero-order chi connectivity index (χ0) is 18.9. The highest BCUT2D eigenvalue weighted by molar-refractivity contribution is 14.0. The van der Waals surface area contributed by atoms with Crippen molar-refractivity contribution in [2.75, 3.05) is 33.4 Å². The van der Waals surface area contributed by atoms with Crippen LogP contribution in [0, 0.1) is 5.92 Å². The number of rotatable bonds is 8. The molecular weight excluding hydrogens is 537 g/mol. The van der Waals surface area contributed by atoms with E-state index in [0.29, 0.717) is 12.5 Å². The fourth-order valence-corrected chi connectivity index (χ4v) is 3.36. The van der Waals surface area contributed by atoms with Crippen molar-refractivity contribution in [3.63, 3.8) is 0 Å². The Hall–Kier alpha value is -1.26. The molecule has 1 unspecified atom stereocenters. The van der Waals surface area contributed by atoms with E-state index in [-0.39, 0.29) is 24.0 Å². The minimum absolute atomic E-state index is 0. The molecule has 28 heavy (non-hydrogen) atoms. The highest BCUT2D eigenvalue weighted by Crippen LogP contribution is 2.23. The van der Waals surface area contributed by atoms with Crippen molar-refractivity contribution in [1.29, 1.82) is 0 Å². The maximum Gasteiger partial charge on any atom is 0.191 e. The van der Waals surface area contributed by atoms with Gasteiger partial charge in [-0.15, -0.1) is 24.0 Å². The van der Waals surface area contributed by atoms with Gasteiger partial charge in [-0.2, -0.15) is 0 Å². The maximum atomic E-state index is 5.46. The van der Waals surface area contributed by atoms with Gasteiger partial charge in [0.1, 0.15) is 11.5 Å². The molecule has 2 heterocycles. The van der Waals surface area contributed by atoms with E-state index in [1.807, 2.05) is 30.3 Å². The average molecular weight is 564 g/mol. The summed E-state index contributed by atoms with van der Waals surface area (Å²) in [5, 5.41) is 6.83. The molecule has 1 atom stereocenters. The number of benzene rings is 1. The van der Waals surface area contributed by atoms with Crippen molar-refractivity contribution in [1.82, 2.24) is 10.6 Å². The number of guanidine groups is 1. The molecule has 1 aliphatic rings. The zero-order valence-corrected chi connectivity index (χ0v) is 19.9. The number of aliphatic imine (C=N–C) groups is 1. The van der Waals surface area contributed by atoms with Gasteiger partial charge in [0.05, 0.1) is 26.5 Å². The average Bonchev–Trinajstić information content (AvgIpc) is 3.37. The summed E-state index contributed by atoms with van der Waals surface area (Å²) in [7, 11) is 1.68. The van der Waals surface area contributed by atoms with Gasteiger partial charge in [-0.1, -0.05) is 15.9 Å². The first kappa shape index (κ1) is 23.0. The third kappa shape index (κ3) is 7.29. The molecule has 2 aromatic rings. The summed E-state index contributed by atoms with van der Waals surface area (Å²) in [6.07, 6.45) is 3.59. The van der Waals surface area contributed by atoms with E-state index in [0.717, 1.165) is 66.7 Å². The van der Waals surface area contributed by atoms with Crippen LogP contribution in [0.2, 0.25) is 0 Å². The van der Waals surface area contributed by atoms with Crippen LogP contribution in [-0.4, -0.2) is 39.4 Å². The Morgan fingerprint density at radius 3 is 2.93 bits per heavy atom. The first-order valence-corrected chi connectivity index (χ1v) is 9.98. The summed E-state index contributed by atoms with van der Waals surface area (Å²) in [5.41, 5.74) is 1.03. The number of nitrogens with one attached hydrogen (secondary N) is 2. The van der Waals surface area contributed by atoms with Crippen LogP contribution in [0.5, 0.6) is 5.75 Å². The molecular formula is C20H27BrIN3O3. The van der Waals surface area contributed by atoms with Crippen LogP contribution in [0.25, 0.3) is 0 Å². The Balaban J connectivity index is 0.00000280. The lowest BCUT2D eigenvalue weighted by atomic mass is 10.1. The van der Waals surface area contributed by atoms with Crippen molar-refractivity contribution in [3.05, 3.63) is 52.4 Å². The lowest BCUT2D eigenvalue weighted by Crippen LogP contribution is -2.40. The van der Waals surface area contributed by atoms with E-state index >= 15 is 0 Å². The summed E-state index contributed by atoms with van der Waals surface area (Å²) in [6.45, 7) is 3.78. The highest BCUT2D eigenvalue weighted by atomic mass is 127. The van der Waals surface area contributed by atoms with Crippen LogP contribution >= 0.6 is 39.9 Å². The van der Waals surface area contributed by atoms with E-state index in [2.05, 4.69) is 26.6 Å². The minimum atomic E-state index is 0. The van der Waals surface area contributed by atoms with Crippen LogP contribution in [-0.2, 0) is 17.7 Å². The molecule has 0 amide bonds. The lowest BCUT2D eigenvalue weighted by molar-refractivity contribution is 0.186. The second kappa shape index (κ2) is 12.3. The summed E-state index contributed by atoms with van der Waals surface area (Å²) in [6, 6.07) is 9.83. The standard InChI is InChI=1S/C20H26BrN3O3.HI/c1-25-19-5-4-17(21)11-16(19)13-24-20(23-12-15-7-10-26-14-15)22-8-6-18-3-2-9-27-18;/h2-5,9,11,15H,6-8,10,12-14H2,1H3,(H2,22,23,24);1H. The van der Waals surface area contributed by atoms with Gasteiger partial charge in [-0.05, 0) is 36.8 Å². The third-order valence-electron chi connectivity index (χ3n) is 4.48. The summed E-state index contributed by atoms with van der Waals surface area (Å²) in [4.78, 5) is 4.75. The Labute approximate surface area is 191 Å². The second-order valence-electron chi connectivity index (χ2n) is 6.49.